The number of benzene rings is 2. The average molecular weight is 348 g/mol. The Labute approximate surface area is 130 Å². The number of nitrogen functional groups attached to an aromatic ring is 1. The lowest BCUT2D eigenvalue weighted by Crippen LogP contribution is -1.89. The molecular weight excluding hydrogens is 334 g/mol. The van der Waals surface area contributed by atoms with Crippen LogP contribution in [-0.4, -0.2) is 24.2 Å². The molecule has 0 saturated heterocycles. The molecule has 108 valence electrons. The van der Waals surface area contributed by atoms with E-state index in [1.54, 1.807) is 14.2 Å². The van der Waals surface area contributed by atoms with Crippen molar-refractivity contribution in [1.29, 1.82) is 0 Å². The Morgan fingerprint density at radius 2 is 1.76 bits per heavy atom. The highest BCUT2D eigenvalue weighted by atomic mass is 79.9. The van der Waals surface area contributed by atoms with Gasteiger partial charge < -0.3 is 20.2 Å². The number of imidazole rings is 1. The first-order valence-electron chi connectivity index (χ1n) is 6.29. The molecule has 3 N–H and O–H groups in total. The predicted octanol–water partition coefficient (Wildman–Crippen LogP) is 3.59. The summed E-state index contributed by atoms with van der Waals surface area (Å²) >= 11 is 3.44. The number of nitrogens with zero attached hydrogens (tertiary/aromatic N) is 1. The van der Waals surface area contributed by atoms with E-state index >= 15 is 0 Å². The number of nitrogens with two attached hydrogens (primary N) is 1. The lowest BCUT2D eigenvalue weighted by Gasteiger charge is -2.06. The molecule has 0 atom stereocenters. The fraction of sp³-hybridized carbons (Fsp3) is 0.133. The van der Waals surface area contributed by atoms with Gasteiger partial charge in [0.15, 0.2) is 11.5 Å². The van der Waals surface area contributed by atoms with E-state index in [9.17, 15) is 0 Å². The second kappa shape index (κ2) is 5.29. The minimum absolute atomic E-state index is 0.650. The topological polar surface area (TPSA) is 73.2 Å². The second-order valence-electron chi connectivity index (χ2n) is 4.58. The van der Waals surface area contributed by atoms with Crippen LogP contribution in [0.1, 0.15) is 0 Å². The SMILES string of the molecule is COc1cc2nc(-c3cc(N)cc(Br)c3)[nH]c2cc1OC. The Morgan fingerprint density at radius 1 is 1.05 bits per heavy atom. The quantitative estimate of drug-likeness (QED) is 0.710. The molecule has 3 aromatic rings. The number of rotatable bonds is 3. The Kier molecular flexibility index (Phi) is 3.47. The Balaban J connectivity index is 2.16. The molecule has 0 radical (unpaired) electrons. The summed E-state index contributed by atoms with van der Waals surface area (Å²) in [6.45, 7) is 0. The molecule has 0 bridgehead atoms. The van der Waals surface area contributed by atoms with Crippen LogP contribution in [0.4, 0.5) is 5.69 Å². The number of hydrogen-bond acceptors (Lipinski definition) is 4. The lowest BCUT2D eigenvalue weighted by molar-refractivity contribution is 0.356. The first kappa shape index (κ1) is 13.8. The standard InChI is InChI=1S/C15H14BrN3O2/c1-20-13-6-11-12(7-14(13)21-2)19-15(18-11)8-3-9(16)5-10(17)4-8/h3-7H,17H2,1-2H3,(H,18,19). The van der Waals surface area contributed by atoms with Gasteiger partial charge in [-0.2, -0.15) is 0 Å². The van der Waals surface area contributed by atoms with Gasteiger partial charge in [0, 0.05) is 27.9 Å². The minimum Gasteiger partial charge on any atom is -0.493 e. The highest BCUT2D eigenvalue weighted by molar-refractivity contribution is 9.10. The molecule has 0 aliphatic heterocycles. The first-order chi connectivity index (χ1) is 10.1. The molecule has 0 aliphatic rings. The summed E-state index contributed by atoms with van der Waals surface area (Å²) in [6, 6.07) is 9.39. The summed E-state index contributed by atoms with van der Waals surface area (Å²) in [5, 5.41) is 0. The zero-order chi connectivity index (χ0) is 15.0. The van der Waals surface area contributed by atoms with Crippen LogP contribution in [0.2, 0.25) is 0 Å². The van der Waals surface area contributed by atoms with E-state index in [-0.39, 0.29) is 0 Å². The van der Waals surface area contributed by atoms with Crippen LogP contribution in [-0.2, 0) is 0 Å². The van der Waals surface area contributed by atoms with Crippen molar-refractivity contribution in [2.45, 2.75) is 0 Å². The number of halogens is 1. The fourth-order valence-electron chi connectivity index (χ4n) is 2.22. The Bertz CT molecular complexity index is 753. The average Bonchev–Trinajstić information content (AvgIpc) is 2.87. The number of aromatic amines is 1. The maximum Gasteiger partial charge on any atom is 0.163 e. The molecule has 2 aromatic carbocycles. The van der Waals surface area contributed by atoms with E-state index in [0.29, 0.717) is 17.2 Å². The fourth-order valence-corrected chi connectivity index (χ4v) is 2.73. The third kappa shape index (κ3) is 2.54. The van der Waals surface area contributed by atoms with Crippen LogP contribution >= 0.6 is 15.9 Å². The summed E-state index contributed by atoms with van der Waals surface area (Å²) in [7, 11) is 3.21. The van der Waals surface area contributed by atoms with Gasteiger partial charge in [-0.05, 0) is 18.2 Å². The third-order valence-corrected chi connectivity index (χ3v) is 3.64. The van der Waals surface area contributed by atoms with E-state index in [2.05, 4.69) is 25.9 Å². The number of aromatic nitrogens is 2. The predicted molar refractivity (Wildman–Crippen MR) is 86.7 cm³/mol. The van der Waals surface area contributed by atoms with Gasteiger partial charge in [-0.15, -0.1) is 0 Å². The van der Waals surface area contributed by atoms with Gasteiger partial charge in [0.25, 0.3) is 0 Å². The zero-order valence-corrected chi connectivity index (χ0v) is 13.2. The number of nitrogens with one attached hydrogen (secondary N) is 1. The van der Waals surface area contributed by atoms with E-state index in [1.165, 1.54) is 0 Å². The van der Waals surface area contributed by atoms with E-state index in [4.69, 9.17) is 15.2 Å². The van der Waals surface area contributed by atoms with E-state index in [1.807, 2.05) is 30.3 Å². The van der Waals surface area contributed by atoms with Crippen LogP contribution in [0.3, 0.4) is 0 Å². The van der Waals surface area contributed by atoms with Crippen molar-refractivity contribution < 1.29 is 9.47 Å². The first-order valence-corrected chi connectivity index (χ1v) is 7.08. The van der Waals surface area contributed by atoms with Crippen LogP contribution in [0.15, 0.2) is 34.8 Å². The molecule has 3 rings (SSSR count). The smallest absolute Gasteiger partial charge is 0.163 e. The zero-order valence-electron chi connectivity index (χ0n) is 11.6. The van der Waals surface area contributed by atoms with Crippen molar-refractivity contribution in [2.24, 2.45) is 0 Å². The van der Waals surface area contributed by atoms with Gasteiger partial charge in [-0.1, -0.05) is 15.9 Å². The van der Waals surface area contributed by atoms with Crippen molar-refractivity contribution >= 4 is 32.7 Å². The Morgan fingerprint density at radius 3 is 2.43 bits per heavy atom. The molecule has 1 aromatic heterocycles. The van der Waals surface area contributed by atoms with Crippen molar-refractivity contribution in [3.63, 3.8) is 0 Å². The number of anilines is 1. The number of hydrogen-bond donors (Lipinski definition) is 2. The van der Waals surface area contributed by atoms with Gasteiger partial charge >= 0.3 is 0 Å². The van der Waals surface area contributed by atoms with Crippen LogP contribution in [0, 0.1) is 0 Å². The molecular formula is C15H14BrN3O2. The molecule has 0 amide bonds. The normalized spacial score (nSPS) is 10.8. The number of ether oxygens (including phenoxy) is 2. The largest absolute Gasteiger partial charge is 0.493 e. The van der Waals surface area contributed by atoms with E-state index < -0.39 is 0 Å². The molecule has 6 heteroatoms. The molecule has 5 nitrogen and oxygen atoms in total. The van der Waals surface area contributed by atoms with Gasteiger partial charge in [-0.3, -0.25) is 0 Å². The summed E-state index contributed by atoms with van der Waals surface area (Å²) in [5.74, 6) is 2.05. The summed E-state index contributed by atoms with van der Waals surface area (Å²) in [5.41, 5.74) is 9.14. The van der Waals surface area contributed by atoms with Gasteiger partial charge in [0.1, 0.15) is 5.82 Å². The van der Waals surface area contributed by atoms with Crippen molar-refractivity contribution in [3.05, 3.63) is 34.8 Å². The third-order valence-electron chi connectivity index (χ3n) is 3.18. The molecule has 1 heterocycles. The maximum atomic E-state index is 5.87. The lowest BCUT2D eigenvalue weighted by atomic mass is 10.2. The van der Waals surface area contributed by atoms with Gasteiger partial charge in [0.2, 0.25) is 0 Å². The number of H-pyrrole nitrogens is 1. The van der Waals surface area contributed by atoms with Gasteiger partial charge in [0.05, 0.1) is 25.3 Å². The van der Waals surface area contributed by atoms with E-state index in [0.717, 1.165) is 26.9 Å². The highest BCUT2D eigenvalue weighted by Crippen LogP contribution is 2.33. The summed E-state index contributed by atoms with van der Waals surface area (Å²) in [4.78, 5) is 7.85. The summed E-state index contributed by atoms with van der Waals surface area (Å²) in [6.07, 6.45) is 0. The maximum absolute atomic E-state index is 5.87. The summed E-state index contributed by atoms with van der Waals surface area (Å²) < 4.78 is 11.5. The molecule has 0 aliphatic carbocycles. The van der Waals surface area contributed by atoms with Crippen LogP contribution in [0.25, 0.3) is 22.4 Å². The number of methoxy groups -OCH3 is 2. The highest BCUT2D eigenvalue weighted by Gasteiger charge is 2.11. The molecule has 0 spiro atoms. The van der Waals surface area contributed by atoms with Crippen molar-refractivity contribution in [3.8, 4) is 22.9 Å². The number of fused-ring (bicyclic) bond motifs is 1. The van der Waals surface area contributed by atoms with Crippen LogP contribution in [0.5, 0.6) is 11.5 Å². The second-order valence-corrected chi connectivity index (χ2v) is 5.50. The van der Waals surface area contributed by atoms with Crippen molar-refractivity contribution in [2.75, 3.05) is 20.0 Å². The van der Waals surface area contributed by atoms with Crippen molar-refractivity contribution in [1.82, 2.24) is 9.97 Å². The molecule has 0 saturated carbocycles. The monoisotopic (exact) mass is 347 g/mol. The van der Waals surface area contributed by atoms with Gasteiger partial charge in [-0.25, -0.2) is 4.98 Å². The Hall–Kier alpha value is -2.21. The molecule has 21 heavy (non-hydrogen) atoms. The molecule has 0 unspecified atom stereocenters. The molecule has 0 fully saturated rings. The van der Waals surface area contributed by atoms with Crippen LogP contribution < -0.4 is 15.2 Å². The minimum atomic E-state index is 0.650.